The minimum atomic E-state index is -3.56. The van der Waals surface area contributed by atoms with Crippen LogP contribution in [0.3, 0.4) is 0 Å². The van der Waals surface area contributed by atoms with Crippen LogP contribution in [-0.4, -0.2) is 12.6 Å². The van der Waals surface area contributed by atoms with Crippen LogP contribution in [0.25, 0.3) is 11.1 Å². The van der Waals surface area contributed by atoms with Gasteiger partial charge < -0.3 is 14.2 Å². The first-order valence-corrected chi connectivity index (χ1v) is 11.3. The van der Waals surface area contributed by atoms with Crippen molar-refractivity contribution < 1.29 is 27.8 Å². The van der Waals surface area contributed by atoms with E-state index < -0.39 is 12.1 Å². The average Bonchev–Trinajstić information content (AvgIpc) is 3.18. The number of hydrogen-bond donors (Lipinski definition) is 0. The predicted octanol–water partition coefficient (Wildman–Crippen LogP) is 7.05. The number of ether oxygens (including phenoxy) is 3. The average molecular weight is 465 g/mol. The topological polar surface area (TPSA) is 44.8 Å². The number of carbonyl (C=O) groups is 1. The molecule has 4 nitrogen and oxygen atoms in total. The van der Waals surface area contributed by atoms with E-state index in [1.165, 1.54) is 12.1 Å². The molecule has 0 heterocycles. The first-order valence-electron chi connectivity index (χ1n) is 11.3. The lowest BCUT2D eigenvalue weighted by molar-refractivity contribution is -0.185. The van der Waals surface area contributed by atoms with Crippen LogP contribution in [0.4, 0.5) is 8.78 Å². The SMILES string of the molecule is C=CC(=O)Oc1ccc(C(F)(F)Oc2ccc3c(c2)Cc2cc(OCCCCC)ccc2-3)cc1. The van der Waals surface area contributed by atoms with E-state index >= 15 is 0 Å². The van der Waals surface area contributed by atoms with Gasteiger partial charge in [-0.05, 0) is 83.6 Å². The Morgan fingerprint density at radius 1 is 0.941 bits per heavy atom. The van der Waals surface area contributed by atoms with Gasteiger partial charge in [0.05, 0.1) is 12.2 Å². The zero-order valence-corrected chi connectivity index (χ0v) is 19.0. The minimum absolute atomic E-state index is 0.0785. The summed E-state index contributed by atoms with van der Waals surface area (Å²) in [6, 6.07) is 15.9. The van der Waals surface area contributed by atoms with Gasteiger partial charge in [-0.15, -0.1) is 0 Å². The lowest BCUT2D eigenvalue weighted by atomic mass is 10.1. The highest BCUT2D eigenvalue weighted by molar-refractivity contribution is 5.83. The number of rotatable bonds is 10. The predicted molar refractivity (Wildman–Crippen MR) is 127 cm³/mol. The van der Waals surface area contributed by atoms with Crippen LogP contribution in [0.5, 0.6) is 17.2 Å². The van der Waals surface area contributed by atoms with Crippen LogP contribution >= 0.6 is 0 Å². The molecular formula is C28H26F2O4. The molecule has 0 saturated carbocycles. The van der Waals surface area contributed by atoms with Crippen LogP contribution < -0.4 is 14.2 Å². The Labute approximate surface area is 197 Å². The van der Waals surface area contributed by atoms with Gasteiger partial charge in [-0.3, -0.25) is 0 Å². The zero-order chi connectivity index (χ0) is 24.1. The Morgan fingerprint density at radius 2 is 1.56 bits per heavy atom. The summed E-state index contributed by atoms with van der Waals surface area (Å²) in [7, 11) is 0. The summed E-state index contributed by atoms with van der Waals surface area (Å²) in [6.07, 6.45) is 1.37. The van der Waals surface area contributed by atoms with E-state index in [4.69, 9.17) is 14.2 Å². The number of fused-ring (bicyclic) bond motifs is 3. The fourth-order valence-electron chi connectivity index (χ4n) is 3.94. The quantitative estimate of drug-likeness (QED) is 0.109. The molecule has 0 aromatic heterocycles. The highest BCUT2D eigenvalue weighted by Crippen LogP contribution is 2.41. The standard InChI is InChI=1S/C28H26F2O4/c1-3-5-6-15-32-23-11-13-25-19(17-23)16-20-18-24(12-14-26(20)25)34-28(29,30)21-7-9-22(10-8-21)33-27(31)4-2/h4,7-14,17-18H,2-3,5-6,15-16H2,1H3. The van der Waals surface area contributed by atoms with Crippen molar-refractivity contribution in [1.29, 1.82) is 0 Å². The molecule has 4 rings (SSSR count). The second-order valence-corrected chi connectivity index (χ2v) is 8.14. The molecule has 0 saturated heterocycles. The number of carbonyl (C=O) groups excluding carboxylic acids is 1. The first kappa shape index (κ1) is 23.5. The third-order valence-corrected chi connectivity index (χ3v) is 5.66. The Kier molecular flexibility index (Phi) is 6.96. The second-order valence-electron chi connectivity index (χ2n) is 8.14. The van der Waals surface area contributed by atoms with Gasteiger partial charge in [-0.1, -0.05) is 38.5 Å². The molecule has 1 aliphatic carbocycles. The fourth-order valence-corrected chi connectivity index (χ4v) is 3.94. The van der Waals surface area contributed by atoms with E-state index in [2.05, 4.69) is 13.5 Å². The number of benzene rings is 3. The van der Waals surface area contributed by atoms with Crippen molar-refractivity contribution in [3.05, 3.63) is 90.0 Å². The molecule has 6 heteroatoms. The van der Waals surface area contributed by atoms with Crippen molar-refractivity contribution in [2.24, 2.45) is 0 Å². The van der Waals surface area contributed by atoms with Crippen molar-refractivity contribution in [2.45, 2.75) is 38.7 Å². The molecule has 34 heavy (non-hydrogen) atoms. The summed E-state index contributed by atoms with van der Waals surface area (Å²) in [4.78, 5) is 11.2. The number of unbranched alkanes of at least 4 members (excludes halogenated alkanes) is 2. The molecular weight excluding hydrogens is 438 g/mol. The smallest absolute Gasteiger partial charge is 0.426 e. The molecule has 0 unspecified atom stereocenters. The number of alkyl halides is 2. The summed E-state index contributed by atoms with van der Waals surface area (Å²) >= 11 is 0. The van der Waals surface area contributed by atoms with Gasteiger partial charge in [-0.2, -0.15) is 8.78 Å². The molecule has 3 aromatic carbocycles. The maximum atomic E-state index is 14.8. The zero-order valence-electron chi connectivity index (χ0n) is 19.0. The molecule has 0 spiro atoms. The lowest BCUT2D eigenvalue weighted by Gasteiger charge is -2.19. The van der Waals surface area contributed by atoms with Crippen molar-refractivity contribution >= 4 is 5.97 Å². The van der Waals surface area contributed by atoms with Crippen molar-refractivity contribution in [3.8, 4) is 28.4 Å². The second kappa shape index (κ2) is 10.1. The molecule has 0 fully saturated rings. The van der Waals surface area contributed by atoms with Crippen molar-refractivity contribution in [2.75, 3.05) is 6.61 Å². The highest BCUT2D eigenvalue weighted by Gasteiger charge is 2.35. The summed E-state index contributed by atoms with van der Waals surface area (Å²) < 4.78 is 45.4. The third-order valence-electron chi connectivity index (χ3n) is 5.66. The van der Waals surface area contributed by atoms with Crippen LogP contribution in [-0.2, 0) is 17.3 Å². The van der Waals surface area contributed by atoms with Gasteiger partial charge >= 0.3 is 12.1 Å². The summed E-state index contributed by atoms with van der Waals surface area (Å²) in [5.41, 5.74) is 3.78. The monoisotopic (exact) mass is 464 g/mol. The van der Waals surface area contributed by atoms with E-state index in [1.54, 1.807) is 12.1 Å². The third kappa shape index (κ3) is 5.28. The summed E-state index contributed by atoms with van der Waals surface area (Å²) in [5.74, 6) is 0.390. The minimum Gasteiger partial charge on any atom is -0.494 e. The molecule has 176 valence electrons. The summed E-state index contributed by atoms with van der Waals surface area (Å²) in [5, 5.41) is 0. The van der Waals surface area contributed by atoms with Gasteiger partial charge in [0, 0.05) is 6.08 Å². The van der Waals surface area contributed by atoms with E-state index in [0.29, 0.717) is 13.0 Å². The van der Waals surface area contributed by atoms with Crippen LogP contribution in [0.2, 0.25) is 0 Å². The molecule has 0 aliphatic heterocycles. The molecule has 0 amide bonds. The Bertz CT molecular complexity index is 1190. The largest absolute Gasteiger partial charge is 0.494 e. The number of hydrogen-bond acceptors (Lipinski definition) is 4. The van der Waals surface area contributed by atoms with Crippen molar-refractivity contribution in [1.82, 2.24) is 0 Å². The summed E-state index contributed by atoms with van der Waals surface area (Å²) in [6.45, 7) is 6.14. The number of esters is 1. The molecule has 0 N–H and O–H groups in total. The normalized spacial score (nSPS) is 12.0. The van der Waals surface area contributed by atoms with Crippen LogP contribution in [0.15, 0.2) is 73.3 Å². The van der Waals surface area contributed by atoms with Crippen LogP contribution in [0.1, 0.15) is 42.9 Å². The van der Waals surface area contributed by atoms with E-state index in [-0.39, 0.29) is 17.1 Å². The van der Waals surface area contributed by atoms with E-state index in [1.807, 2.05) is 24.3 Å². The molecule has 1 aliphatic rings. The number of halogens is 2. The maximum Gasteiger partial charge on any atom is 0.426 e. The molecule has 0 bridgehead atoms. The Hall–Kier alpha value is -3.67. The lowest BCUT2D eigenvalue weighted by Crippen LogP contribution is -2.21. The van der Waals surface area contributed by atoms with E-state index in [9.17, 15) is 13.6 Å². The molecule has 0 radical (unpaired) electrons. The van der Waals surface area contributed by atoms with Gasteiger partial charge in [-0.25, -0.2) is 4.79 Å². The van der Waals surface area contributed by atoms with E-state index in [0.717, 1.165) is 65.5 Å². The van der Waals surface area contributed by atoms with Gasteiger partial charge in [0.1, 0.15) is 17.2 Å². The maximum absolute atomic E-state index is 14.8. The fraction of sp³-hybridized carbons (Fsp3) is 0.250. The van der Waals surface area contributed by atoms with Crippen LogP contribution in [0, 0.1) is 0 Å². The van der Waals surface area contributed by atoms with Gasteiger partial charge in [0.15, 0.2) is 0 Å². The first-order chi connectivity index (χ1) is 16.4. The molecule has 0 atom stereocenters. The van der Waals surface area contributed by atoms with Crippen molar-refractivity contribution in [3.63, 3.8) is 0 Å². The Balaban J connectivity index is 1.44. The molecule has 3 aromatic rings. The van der Waals surface area contributed by atoms with Gasteiger partial charge in [0.25, 0.3) is 0 Å². The van der Waals surface area contributed by atoms with Gasteiger partial charge in [0.2, 0.25) is 0 Å². The highest BCUT2D eigenvalue weighted by atomic mass is 19.3. The Morgan fingerprint density at radius 3 is 2.21 bits per heavy atom.